The van der Waals surface area contributed by atoms with Crippen molar-refractivity contribution in [1.29, 1.82) is 0 Å². The molecule has 1 heterocycles. The van der Waals surface area contributed by atoms with Crippen LogP contribution in [-0.2, 0) is 34.5 Å². The van der Waals surface area contributed by atoms with Crippen molar-refractivity contribution < 1.29 is 53.8 Å². The van der Waals surface area contributed by atoms with E-state index in [-0.39, 0.29) is 31.1 Å². The molecule has 0 spiro atoms. The first-order chi connectivity index (χ1) is 19.1. The van der Waals surface area contributed by atoms with Gasteiger partial charge in [-0.25, -0.2) is 4.79 Å². The van der Waals surface area contributed by atoms with Gasteiger partial charge in [0.1, 0.15) is 5.60 Å². The van der Waals surface area contributed by atoms with Crippen molar-refractivity contribution in [2.24, 2.45) is 0 Å². The lowest BCUT2D eigenvalue weighted by Crippen LogP contribution is -2.48. The number of nitrogens with one attached hydrogen (secondary N) is 3. The molecule has 42 heavy (non-hydrogen) atoms. The first-order valence-corrected chi connectivity index (χ1v) is 12.7. The molecule has 6 nitrogen and oxygen atoms in total. The van der Waals surface area contributed by atoms with E-state index in [1.807, 2.05) is 0 Å². The molecule has 2 unspecified atom stereocenters. The van der Waals surface area contributed by atoms with Gasteiger partial charge in [-0.2, -0.15) is 39.5 Å². The Labute approximate surface area is 235 Å². The molecule has 232 valence electrons. The van der Waals surface area contributed by atoms with E-state index in [1.165, 1.54) is 0 Å². The first kappa shape index (κ1) is 33.0. The summed E-state index contributed by atoms with van der Waals surface area (Å²) in [6.07, 6.45) is -18.8. The Hall–Kier alpha value is -3.49. The van der Waals surface area contributed by atoms with Crippen LogP contribution in [0.25, 0.3) is 0 Å². The second-order valence-corrected chi connectivity index (χ2v) is 10.7. The van der Waals surface area contributed by atoms with Gasteiger partial charge >= 0.3 is 24.6 Å². The third-order valence-electron chi connectivity index (χ3n) is 6.22. The zero-order chi connectivity index (χ0) is 31.7. The van der Waals surface area contributed by atoms with E-state index in [1.54, 1.807) is 45.0 Å². The highest BCUT2D eigenvalue weighted by Crippen LogP contribution is 2.48. The van der Waals surface area contributed by atoms with Gasteiger partial charge in [-0.1, -0.05) is 6.07 Å². The van der Waals surface area contributed by atoms with Crippen LogP contribution in [-0.4, -0.2) is 36.1 Å². The van der Waals surface area contributed by atoms with Gasteiger partial charge in [0.05, 0.1) is 22.7 Å². The van der Waals surface area contributed by atoms with Crippen LogP contribution in [0.15, 0.2) is 36.4 Å². The molecule has 1 amide bonds. The number of ketones is 1. The van der Waals surface area contributed by atoms with Crippen LogP contribution in [0.1, 0.15) is 55.9 Å². The largest absolute Gasteiger partial charge is 0.444 e. The number of hydrogen-bond acceptors (Lipinski definition) is 5. The highest BCUT2D eigenvalue weighted by atomic mass is 19.4. The Morgan fingerprint density at radius 3 is 1.93 bits per heavy atom. The van der Waals surface area contributed by atoms with E-state index in [4.69, 9.17) is 4.74 Å². The number of rotatable bonds is 6. The fourth-order valence-corrected chi connectivity index (χ4v) is 4.56. The lowest BCUT2D eigenvalue weighted by Gasteiger charge is -2.31. The molecule has 1 aliphatic heterocycles. The van der Waals surface area contributed by atoms with Gasteiger partial charge < -0.3 is 15.4 Å². The second kappa shape index (κ2) is 12.0. The van der Waals surface area contributed by atoms with Crippen LogP contribution in [0.4, 0.5) is 55.7 Å². The molecular weight excluding hydrogens is 585 g/mol. The topological polar surface area (TPSA) is 79.5 Å². The molecule has 2 atom stereocenters. The molecule has 2 aromatic rings. The van der Waals surface area contributed by atoms with E-state index < -0.39 is 70.7 Å². The van der Waals surface area contributed by atoms with Crippen molar-refractivity contribution in [1.82, 2.24) is 5.32 Å². The molecule has 0 aliphatic carbocycles. The van der Waals surface area contributed by atoms with Gasteiger partial charge in [0.25, 0.3) is 0 Å². The van der Waals surface area contributed by atoms with Gasteiger partial charge in [-0.3, -0.25) is 10.1 Å². The Balaban J connectivity index is 1.74. The van der Waals surface area contributed by atoms with Crippen molar-refractivity contribution in [2.75, 3.05) is 17.2 Å². The van der Waals surface area contributed by atoms with Crippen molar-refractivity contribution >= 4 is 23.3 Å². The summed E-state index contributed by atoms with van der Waals surface area (Å²) in [5, 5.41) is 8.51. The zero-order valence-electron chi connectivity index (χ0n) is 22.6. The molecule has 3 rings (SSSR count). The van der Waals surface area contributed by atoms with Crippen LogP contribution in [0.3, 0.4) is 0 Å². The summed E-state index contributed by atoms with van der Waals surface area (Å²) in [5.74, 6) is -0.906. The molecule has 0 radical (unpaired) electrons. The van der Waals surface area contributed by atoms with E-state index in [0.29, 0.717) is 17.8 Å². The number of piperidine rings is 1. The number of hydrogen-bond donors (Lipinski definition) is 3. The SMILES string of the molecule is CC(C)(C)OC(=O)Nc1ccc(NC2CCNC(C(=O)Cc3ccc(C(F)(F)F)c(C(F)(F)F)c3C(F)(F)F)C2)cc1. The molecule has 1 aliphatic rings. The summed E-state index contributed by atoms with van der Waals surface area (Å²) in [4.78, 5) is 24.8. The van der Waals surface area contributed by atoms with Gasteiger partial charge in [0, 0.05) is 23.8 Å². The van der Waals surface area contributed by atoms with Crippen molar-refractivity contribution in [3.8, 4) is 0 Å². The summed E-state index contributed by atoms with van der Waals surface area (Å²) < 4.78 is 127. The smallest absolute Gasteiger partial charge is 0.417 e. The number of amides is 1. The molecule has 3 N–H and O–H groups in total. The predicted octanol–water partition coefficient (Wildman–Crippen LogP) is 7.43. The maximum Gasteiger partial charge on any atom is 0.417 e. The average Bonchev–Trinajstić information content (AvgIpc) is 2.82. The van der Waals surface area contributed by atoms with E-state index >= 15 is 0 Å². The molecule has 0 aromatic heterocycles. The second-order valence-electron chi connectivity index (χ2n) is 10.7. The lowest BCUT2D eigenvalue weighted by atomic mass is 9.88. The Kier molecular flexibility index (Phi) is 9.45. The molecule has 2 aromatic carbocycles. The quantitative estimate of drug-likeness (QED) is 0.296. The minimum absolute atomic E-state index is 0.0465. The fourth-order valence-electron chi connectivity index (χ4n) is 4.56. The summed E-state index contributed by atoms with van der Waals surface area (Å²) >= 11 is 0. The van der Waals surface area contributed by atoms with Gasteiger partial charge in [0.2, 0.25) is 0 Å². The molecular formula is C27H28F9N3O3. The number of benzene rings is 2. The minimum atomic E-state index is -5.98. The summed E-state index contributed by atoms with van der Waals surface area (Å²) in [6.45, 7) is 5.35. The van der Waals surface area contributed by atoms with E-state index in [2.05, 4.69) is 16.0 Å². The first-order valence-electron chi connectivity index (χ1n) is 12.7. The zero-order valence-corrected chi connectivity index (χ0v) is 22.6. The third kappa shape index (κ3) is 8.76. The number of Topliss-reactive ketones (excluding diaryl/α,β-unsaturated/α-hetero) is 1. The third-order valence-corrected chi connectivity index (χ3v) is 6.22. The van der Waals surface area contributed by atoms with Gasteiger partial charge in [-0.05, 0) is 76.1 Å². The molecule has 0 bridgehead atoms. The van der Waals surface area contributed by atoms with Crippen molar-refractivity contribution in [3.05, 3.63) is 58.7 Å². The van der Waals surface area contributed by atoms with Gasteiger partial charge in [0.15, 0.2) is 5.78 Å². The Morgan fingerprint density at radius 2 is 1.40 bits per heavy atom. The van der Waals surface area contributed by atoms with Gasteiger partial charge in [-0.15, -0.1) is 0 Å². The summed E-state index contributed by atoms with van der Waals surface area (Å²) in [7, 11) is 0. The fraction of sp³-hybridized carbons (Fsp3) is 0.481. The standard InChI is InChI=1S/C27H28F9N3O3/c1-24(2,3)42-23(41)39-16-7-5-15(6-8-16)38-17-10-11-37-19(13-17)20(40)12-14-4-9-18(25(28,29)30)22(27(34,35)36)21(14)26(31,32)33/h4-9,17,19,37-38H,10-13H2,1-3H3,(H,39,41). The van der Waals surface area contributed by atoms with Crippen LogP contribution >= 0.6 is 0 Å². The number of ether oxygens (including phenoxy) is 1. The predicted molar refractivity (Wildman–Crippen MR) is 135 cm³/mol. The van der Waals surface area contributed by atoms with Crippen LogP contribution in [0, 0.1) is 0 Å². The monoisotopic (exact) mass is 613 g/mol. The van der Waals surface area contributed by atoms with Crippen LogP contribution in [0.5, 0.6) is 0 Å². The van der Waals surface area contributed by atoms with Crippen LogP contribution in [0.2, 0.25) is 0 Å². The normalized spacial score (nSPS) is 18.4. The van der Waals surface area contributed by atoms with Crippen molar-refractivity contribution in [3.63, 3.8) is 0 Å². The number of alkyl halides is 9. The minimum Gasteiger partial charge on any atom is -0.444 e. The van der Waals surface area contributed by atoms with E-state index in [9.17, 15) is 49.1 Å². The maximum absolute atomic E-state index is 13.7. The van der Waals surface area contributed by atoms with E-state index in [0.717, 1.165) is 0 Å². The van der Waals surface area contributed by atoms with Crippen molar-refractivity contribution in [2.45, 2.75) is 76.2 Å². The molecule has 1 fully saturated rings. The summed E-state index contributed by atoms with van der Waals surface area (Å²) in [5.41, 5.74) is -8.75. The number of carbonyl (C=O) groups excluding carboxylic acids is 2. The maximum atomic E-state index is 13.7. The molecule has 1 saturated heterocycles. The highest BCUT2D eigenvalue weighted by molar-refractivity contribution is 5.87. The highest BCUT2D eigenvalue weighted by Gasteiger charge is 2.51. The Bertz CT molecular complexity index is 1280. The average molecular weight is 614 g/mol. The Morgan fingerprint density at radius 1 is 0.833 bits per heavy atom. The number of carbonyl (C=O) groups is 2. The van der Waals surface area contributed by atoms with Crippen LogP contribution < -0.4 is 16.0 Å². The lowest BCUT2D eigenvalue weighted by molar-refractivity contribution is -0.175. The molecule has 15 heteroatoms. The number of halogens is 9. The summed E-state index contributed by atoms with van der Waals surface area (Å²) in [6, 6.07) is 5.16. The molecule has 0 saturated carbocycles. The number of anilines is 2.